The van der Waals surface area contributed by atoms with E-state index in [1.807, 2.05) is 0 Å². The van der Waals surface area contributed by atoms with E-state index in [1.54, 1.807) is 30.3 Å². The van der Waals surface area contributed by atoms with Crippen molar-refractivity contribution in [3.8, 4) is 5.75 Å². The number of likely N-dealkylation sites (tertiary alicyclic amines) is 1. The van der Waals surface area contributed by atoms with Gasteiger partial charge < -0.3 is 14.7 Å². The van der Waals surface area contributed by atoms with Crippen LogP contribution >= 0.6 is 0 Å². The third-order valence-corrected chi connectivity index (χ3v) is 5.27. The largest absolute Gasteiger partial charge is 0.478 e. The summed E-state index contributed by atoms with van der Waals surface area (Å²) < 4.78 is 46.3. The maximum absolute atomic E-state index is 13.5. The zero-order valence-corrected chi connectivity index (χ0v) is 16.5. The Kier molecular flexibility index (Phi) is 6.33. The van der Waals surface area contributed by atoms with Gasteiger partial charge in [-0.3, -0.25) is 9.78 Å². The maximum Gasteiger partial charge on any atom is 0.417 e. The normalized spacial score (nSPS) is 21.4. The minimum atomic E-state index is -4.76. The van der Waals surface area contributed by atoms with Gasteiger partial charge in [0.25, 0.3) is 5.91 Å². The van der Waals surface area contributed by atoms with E-state index in [-0.39, 0.29) is 31.6 Å². The van der Waals surface area contributed by atoms with Crippen LogP contribution in [0.1, 0.15) is 35.2 Å². The molecule has 1 aromatic heterocycles. The Bertz CT molecular complexity index is 965. The molecule has 31 heavy (non-hydrogen) atoms. The molecule has 164 valence electrons. The Morgan fingerprint density at radius 1 is 1.29 bits per heavy atom. The van der Waals surface area contributed by atoms with Crippen LogP contribution in [0.5, 0.6) is 5.75 Å². The lowest BCUT2D eigenvalue weighted by molar-refractivity contribution is -0.165. The van der Waals surface area contributed by atoms with Gasteiger partial charge in [-0.05, 0) is 31.0 Å². The minimum Gasteiger partial charge on any atom is -0.478 e. The maximum atomic E-state index is 13.5. The Morgan fingerprint density at radius 3 is 2.61 bits per heavy atom. The fraction of sp³-hybridized carbons (Fsp3) is 0.318. The number of nitrogens with zero attached hydrogens (tertiary/aromatic N) is 2. The van der Waals surface area contributed by atoms with E-state index < -0.39 is 40.8 Å². The average Bonchev–Trinajstić information content (AvgIpc) is 2.74. The summed E-state index contributed by atoms with van der Waals surface area (Å²) in [6, 6.07) is 7.90. The van der Waals surface area contributed by atoms with E-state index in [2.05, 4.69) is 11.6 Å². The van der Waals surface area contributed by atoms with Crippen LogP contribution in [0.4, 0.5) is 13.2 Å². The Balaban J connectivity index is 2.06. The molecular weight excluding hydrogens is 413 g/mol. The molecule has 2 atom stereocenters. The minimum absolute atomic E-state index is 0.0203. The quantitative estimate of drug-likeness (QED) is 0.690. The molecule has 2 aromatic rings. The molecule has 3 rings (SSSR count). The summed E-state index contributed by atoms with van der Waals surface area (Å²) >= 11 is 0. The van der Waals surface area contributed by atoms with Crippen molar-refractivity contribution < 1.29 is 32.6 Å². The summed E-state index contributed by atoms with van der Waals surface area (Å²) in [6.07, 6.45) is -1.19. The van der Waals surface area contributed by atoms with Crippen molar-refractivity contribution in [1.29, 1.82) is 0 Å². The van der Waals surface area contributed by atoms with Crippen molar-refractivity contribution in [1.82, 2.24) is 9.88 Å². The number of para-hydroxylation sites is 1. The molecule has 0 saturated carbocycles. The van der Waals surface area contributed by atoms with Gasteiger partial charge in [0.2, 0.25) is 5.60 Å². The molecule has 1 N–H and O–H groups in total. The fourth-order valence-corrected chi connectivity index (χ4v) is 3.88. The number of carbonyl (C=O) groups is 2. The number of carboxylic acids is 1. The molecule has 0 aliphatic carbocycles. The van der Waals surface area contributed by atoms with Gasteiger partial charge in [-0.1, -0.05) is 24.3 Å². The molecule has 2 unspecified atom stereocenters. The van der Waals surface area contributed by atoms with Crippen LogP contribution in [0.25, 0.3) is 0 Å². The van der Waals surface area contributed by atoms with Gasteiger partial charge in [0.15, 0.2) is 0 Å². The predicted octanol–water partition coefficient (Wildman–Crippen LogP) is 4.18. The number of rotatable bonds is 6. The Morgan fingerprint density at radius 2 is 2.00 bits per heavy atom. The molecule has 1 aromatic carbocycles. The molecule has 1 fully saturated rings. The fourth-order valence-electron chi connectivity index (χ4n) is 3.88. The van der Waals surface area contributed by atoms with E-state index in [0.29, 0.717) is 0 Å². The molecule has 1 aliphatic rings. The zero-order valence-electron chi connectivity index (χ0n) is 16.5. The standard InChI is InChI=1S/C22H21F3N2O4/c1-2-7-18-21(20(29)30,31-15-8-4-3-5-9-15)11-6-13-27(18)19(28)16-14-26-12-10-17(16)22(23,24)25/h2-5,8-10,12,14,18H,1,6-7,11,13H2,(H,29,30). The van der Waals surface area contributed by atoms with E-state index in [4.69, 9.17) is 4.74 Å². The number of hydrogen-bond acceptors (Lipinski definition) is 4. The number of amides is 1. The summed E-state index contributed by atoms with van der Waals surface area (Å²) in [7, 11) is 0. The highest BCUT2D eigenvalue weighted by Crippen LogP contribution is 2.38. The summed E-state index contributed by atoms with van der Waals surface area (Å²) in [6.45, 7) is 3.71. The molecule has 2 heterocycles. The number of alkyl halides is 3. The molecular formula is C22H21F3N2O4. The van der Waals surface area contributed by atoms with Crippen molar-refractivity contribution in [3.05, 3.63) is 72.6 Å². The number of aromatic nitrogens is 1. The predicted molar refractivity (Wildman–Crippen MR) is 106 cm³/mol. The van der Waals surface area contributed by atoms with Crippen molar-refractivity contribution >= 4 is 11.9 Å². The first-order valence-corrected chi connectivity index (χ1v) is 9.61. The molecule has 1 aliphatic heterocycles. The van der Waals surface area contributed by atoms with Gasteiger partial charge in [0, 0.05) is 25.4 Å². The Hall–Kier alpha value is -3.36. The smallest absolute Gasteiger partial charge is 0.417 e. The van der Waals surface area contributed by atoms with Gasteiger partial charge >= 0.3 is 12.1 Å². The number of carboxylic acid groups (broad SMARTS) is 1. The number of aliphatic carboxylic acids is 1. The van der Waals surface area contributed by atoms with Crippen LogP contribution in [-0.2, 0) is 11.0 Å². The number of halogens is 3. The van der Waals surface area contributed by atoms with Gasteiger partial charge in [0.05, 0.1) is 17.2 Å². The lowest BCUT2D eigenvalue weighted by Crippen LogP contribution is -2.65. The van der Waals surface area contributed by atoms with Crippen molar-refractivity contribution in [2.75, 3.05) is 6.54 Å². The number of hydrogen-bond donors (Lipinski definition) is 1. The summed E-state index contributed by atoms with van der Waals surface area (Å²) in [5, 5.41) is 10.1. The zero-order chi connectivity index (χ0) is 22.6. The number of ether oxygens (including phenoxy) is 1. The monoisotopic (exact) mass is 434 g/mol. The molecule has 1 saturated heterocycles. The van der Waals surface area contributed by atoms with Crippen LogP contribution in [0.3, 0.4) is 0 Å². The first kappa shape index (κ1) is 22.3. The van der Waals surface area contributed by atoms with Gasteiger partial charge in [-0.2, -0.15) is 13.2 Å². The van der Waals surface area contributed by atoms with Gasteiger partial charge in [-0.25, -0.2) is 4.79 Å². The molecule has 9 heteroatoms. The van der Waals surface area contributed by atoms with E-state index in [0.717, 1.165) is 23.4 Å². The number of pyridine rings is 1. The molecule has 6 nitrogen and oxygen atoms in total. The van der Waals surface area contributed by atoms with Crippen molar-refractivity contribution in [2.45, 2.75) is 37.1 Å². The van der Waals surface area contributed by atoms with E-state index in [9.17, 15) is 27.9 Å². The van der Waals surface area contributed by atoms with E-state index in [1.165, 1.54) is 6.08 Å². The SMILES string of the molecule is C=CCC1N(C(=O)c2cnccc2C(F)(F)F)CCCC1(Oc1ccccc1)C(=O)O. The average molecular weight is 434 g/mol. The third kappa shape index (κ3) is 4.40. The summed E-state index contributed by atoms with van der Waals surface area (Å²) in [5.41, 5.74) is -3.60. The van der Waals surface area contributed by atoms with E-state index >= 15 is 0 Å². The first-order valence-electron chi connectivity index (χ1n) is 9.61. The lowest BCUT2D eigenvalue weighted by Gasteiger charge is -2.47. The highest BCUT2D eigenvalue weighted by atomic mass is 19.4. The third-order valence-electron chi connectivity index (χ3n) is 5.27. The highest BCUT2D eigenvalue weighted by Gasteiger charge is 2.54. The highest BCUT2D eigenvalue weighted by molar-refractivity contribution is 5.96. The summed E-state index contributed by atoms with van der Waals surface area (Å²) in [5.74, 6) is -1.97. The van der Waals surface area contributed by atoms with Gasteiger partial charge in [-0.15, -0.1) is 6.58 Å². The number of piperidine rings is 1. The lowest BCUT2D eigenvalue weighted by atomic mass is 9.81. The molecule has 0 spiro atoms. The molecule has 0 radical (unpaired) electrons. The first-order chi connectivity index (χ1) is 14.7. The molecule has 0 bridgehead atoms. The van der Waals surface area contributed by atoms with Crippen molar-refractivity contribution in [3.63, 3.8) is 0 Å². The van der Waals surface area contributed by atoms with Crippen LogP contribution in [-0.4, -0.2) is 45.1 Å². The second-order valence-electron chi connectivity index (χ2n) is 7.17. The van der Waals surface area contributed by atoms with Crippen LogP contribution in [0.15, 0.2) is 61.4 Å². The van der Waals surface area contributed by atoms with Crippen LogP contribution in [0.2, 0.25) is 0 Å². The second-order valence-corrected chi connectivity index (χ2v) is 7.17. The second kappa shape index (κ2) is 8.79. The number of carbonyl (C=O) groups excluding carboxylic acids is 1. The molecule has 1 amide bonds. The topological polar surface area (TPSA) is 79.7 Å². The van der Waals surface area contributed by atoms with Crippen LogP contribution < -0.4 is 4.74 Å². The van der Waals surface area contributed by atoms with Gasteiger partial charge in [0.1, 0.15) is 5.75 Å². The Labute approximate surface area is 177 Å². The van der Waals surface area contributed by atoms with Crippen molar-refractivity contribution in [2.24, 2.45) is 0 Å². The summed E-state index contributed by atoms with van der Waals surface area (Å²) in [4.78, 5) is 30.4. The number of benzene rings is 1. The van der Waals surface area contributed by atoms with Crippen LogP contribution in [0, 0.1) is 0 Å².